The highest BCUT2D eigenvalue weighted by molar-refractivity contribution is 5.83. The first-order valence-electron chi connectivity index (χ1n) is 11.1. The minimum atomic E-state index is -0.928. The molecule has 2 heterocycles. The minimum Gasteiger partial charge on any atom is -0.467 e. The van der Waals surface area contributed by atoms with Gasteiger partial charge in [0.05, 0.1) is 18.1 Å². The van der Waals surface area contributed by atoms with Crippen LogP contribution in [-0.4, -0.2) is 47.2 Å². The molecule has 1 aromatic heterocycles. The maximum absolute atomic E-state index is 12.9. The van der Waals surface area contributed by atoms with Crippen LogP contribution in [0.4, 0.5) is 0 Å². The summed E-state index contributed by atoms with van der Waals surface area (Å²) in [6.45, 7) is 2.75. The monoisotopic (exact) mass is 399 g/mol. The van der Waals surface area contributed by atoms with Gasteiger partial charge in [-0.3, -0.25) is 4.57 Å². The molecule has 0 amide bonds. The van der Waals surface area contributed by atoms with Gasteiger partial charge < -0.3 is 14.6 Å². The van der Waals surface area contributed by atoms with Crippen molar-refractivity contribution in [1.29, 1.82) is 0 Å². The number of esters is 1. The molecule has 1 N–H and O–H groups in total. The SMILES string of the molecule is COC(=O)C1(n2c(=O)[nH]c3ccccc32)CCN(CC2CCCCCCC2)CC1. The molecule has 0 unspecified atom stereocenters. The van der Waals surface area contributed by atoms with Crippen molar-refractivity contribution in [3.8, 4) is 0 Å². The van der Waals surface area contributed by atoms with Gasteiger partial charge in [-0.1, -0.05) is 44.2 Å². The van der Waals surface area contributed by atoms with E-state index in [4.69, 9.17) is 4.74 Å². The van der Waals surface area contributed by atoms with Crippen LogP contribution in [0.5, 0.6) is 0 Å². The summed E-state index contributed by atoms with van der Waals surface area (Å²) in [6.07, 6.45) is 10.7. The molecular formula is C23H33N3O3. The van der Waals surface area contributed by atoms with E-state index < -0.39 is 5.54 Å². The van der Waals surface area contributed by atoms with E-state index in [1.54, 1.807) is 4.57 Å². The molecule has 6 nitrogen and oxygen atoms in total. The van der Waals surface area contributed by atoms with E-state index in [0.717, 1.165) is 36.6 Å². The summed E-state index contributed by atoms with van der Waals surface area (Å²) < 4.78 is 6.86. The van der Waals surface area contributed by atoms with Crippen LogP contribution in [0.2, 0.25) is 0 Å². The van der Waals surface area contributed by atoms with Gasteiger partial charge in [0.15, 0.2) is 0 Å². The highest BCUT2D eigenvalue weighted by Crippen LogP contribution is 2.34. The van der Waals surface area contributed by atoms with Crippen molar-refractivity contribution in [2.45, 2.75) is 63.3 Å². The number of carbonyl (C=O) groups is 1. The predicted octanol–water partition coefficient (Wildman–Crippen LogP) is 3.65. The van der Waals surface area contributed by atoms with Crippen LogP contribution in [0.3, 0.4) is 0 Å². The van der Waals surface area contributed by atoms with Crippen molar-refractivity contribution >= 4 is 17.0 Å². The van der Waals surface area contributed by atoms with Crippen LogP contribution in [0.15, 0.2) is 29.1 Å². The number of para-hydroxylation sites is 2. The number of H-pyrrole nitrogens is 1. The van der Waals surface area contributed by atoms with Gasteiger partial charge in [0, 0.05) is 19.6 Å². The first kappa shape index (κ1) is 20.2. The summed E-state index contributed by atoms with van der Waals surface area (Å²) in [4.78, 5) is 31.2. The molecule has 29 heavy (non-hydrogen) atoms. The van der Waals surface area contributed by atoms with E-state index in [1.165, 1.54) is 52.1 Å². The van der Waals surface area contributed by atoms with Crippen LogP contribution in [0.1, 0.15) is 57.8 Å². The van der Waals surface area contributed by atoms with Crippen molar-refractivity contribution in [2.24, 2.45) is 5.92 Å². The highest BCUT2D eigenvalue weighted by Gasteiger charge is 2.46. The first-order valence-corrected chi connectivity index (χ1v) is 11.1. The van der Waals surface area contributed by atoms with Crippen molar-refractivity contribution in [2.75, 3.05) is 26.7 Å². The van der Waals surface area contributed by atoms with E-state index in [1.807, 2.05) is 24.3 Å². The number of fused-ring (bicyclic) bond motifs is 1. The molecular weight excluding hydrogens is 366 g/mol. The van der Waals surface area contributed by atoms with Gasteiger partial charge in [0.25, 0.3) is 0 Å². The van der Waals surface area contributed by atoms with Gasteiger partial charge in [-0.25, -0.2) is 9.59 Å². The maximum Gasteiger partial charge on any atom is 0.332 e. The summed E-state index contributed by atoms with van der Waals surface area (Å²) in [6, 6.07) is 7.58. The molecule has 1 aliphatic heterocycles. The number of rotatable bonds is 4. The number of hydrogen-bond acceptors (Lipinski definition) is 4. The van der Waals surface area contributed by atoms with E-state index in [0.29, 0.717) is 12.8 Å². The molecule has 4 rings (SSSR count). The number of ether oxygens (including phenoxy) is 1. The fraction of sp³-hybridized carbons (Fsp3) is 0.652. The van der Waals surface area contributed by atoms with Crippen LogP contribution in [0.25, 0.3) is 11.0 Å². The maximum atomic E-state index is 12.9. The second kappa shape index (κ2) is 8.74. The fourth-order valence-electron chi connectivity index (χ4n) is 5.38. The Hall–Kier alpha value is -2.08. The Kier molecular flexibility index (Phi) is 6.09. The van der Waals surface area contributed by atoms with Gasteiger partial charge >= 0.3 is 11.7 Å². The van der Waals surface area contributed by atoms with E-state index >= 15 is 0 Å². The summed E-state index contributed by atoms with van der Waals surface area (Å²) in [5, 5.41) is 0. The molecule has 2 aliphatic rings. The lowest BCUT2D eigenvalue weighted by molar-refractivity contribution is -0.154. The number of benzene rings is 1. The van der Waals surface area contributed by atoms with Gasteiger partial charge in [-0.05, 0) is 43.7 Å². The van der Waals surface area contributed by atoms with Crippen molar-refractivity contribution in [3.63, 3.8) is 0 Å². The second-order valence-electron chi connectivity index (χ2n) is 8.82. The summed E-state index contributed by atoms with van der Waals surface area (Å²) in [5.41, 5.74) is 0.377. The number of imidazole rings is 1. The normalized spacial score (nSPS) is 21.6. The molecule has 0 atom stereocenters. The number of piperidine rings is 1. The molecule has 1 aromatic carbocycles. The lowest BCUT2D eigenvalue weighted by Crippen LogP contribution is -2.54. The average molecular weight is 400 g/mol. The third kappa shape index (κ3) is 4.00. The number of likely N-dealkylation sites (tertiary alicyclic amines) is 1. The quantitative estimate of drug-likeness (QED) is 0.797. The second-order valence-corrected chi connectivity index (χ2v) is 8.82. The zero-order valence-corrected chi connectivity index (χ0v) is 17.5. The van der Waals surface area contributed by atoms with Crippen molar-refractivity contribution in [3.05, 3.63) is 34.7 Å². The average Bonchev–Trinajstić information content (AvgIpc) is 3.06. The summed E-state index contributed by atoms with van der Waals surface area (Å²) in [7, 11) is 1.42. The molecule has 1 saturated carbocycles. The topological polar surface area (TPSA) is 67.3 Å². The van der Waals surface area contributed by atoms with E-state index in [-0.39, 0.29) is 11.7 Å². The van der Waals surface area contributed by atoms with Gasteiger partial charge in [0.2, 0.25) is 0 Å². The Morgan fingerprint density at radius 1 is 1.10 bits per heavy atom. The molecule has 158 valence electrons. The number of carbonyl (C=O) groups excluding carboxylic acids is 1. The van der Waals surface area contributed by atoms with Crippen LogP contribution < -0.4 is 5.69 Å². The number of hydrogen-bond donors (Lipinski definition) is 1. The van der Waals surface area contributed by atoms with Crippen molar-refractivity contribution < 1.29 is 9.53 Å². The minimum absolute atomic E-state index is 0.231. The van der Waals surface area contributed by atoms with Crippen LogP contribution in [0, 0.1) is 5.92 Å². The lowest BCUT2D eigenvalue weighted by atomic mass is 9.85. The Balaban J connectivity index is 1.54. The fourth-order valence-corrected chi connectivity index (χ4v) is 5.38. The molecule has 1 saturated heterocycles. The number of aromatic nitrogens is 2. The molecule has 2 fully saturated rings. The molecule has 0 radical (unpaired) electrons. The van der Waals surface area contributed by atoms with Crippen LogP contribution >= 0.6 is 0 Å². The van der Waals surface area contributed by atoms with Gasteiger partial charge in [-0.15, -0.1) is 0 Å². The number of aromatic amines is 1. The molecule has 2 aromatic rings. The summed E-state index contributed by atoms with van der Waals surface area (Å²) >= 11 is 0. The molecule has 0 bridgehead atoms. The zero-order chi connectivity index (χ0) is 20.3. The molecule has 6 heteroatoms. The van der Waals surface area contributed by atoms with E-state index in [2.05, 4.69) is 9.88 Å². The Bertz CT molecular complexity index is 884. The Labute approximate surface area is 172 Å². The third-order valence-electron chi connectivity index (χ3n) is 7.01. The molecule has 1 aliphatic carbocycles. The predicted molar refractivity (Wildman–Crippen MR) is 114 cm³/mol. The highest BCUT2D eigenvalue weighted by atomic mass is 16.5. The number of nitrogens with one attached hydrogen (secondary N) is 1. The Morgan fingerprint density at radius 3 is 2.45 bits per heavy atom. The number of methoxy groups -OCH3 is 1. The zero-order valence-electron chi connectivity index (χ0n) is 17.5. The van der Waals surface area contributed by atoms with Gasteiger partial charge in [0.1, 0.15) is 5.54 Å². The third-order valence-corrected chi connectivity index (χ3v) is 7.01. The van der Waals surface area contributed by atoms with Crippen molar-refractivity contribution in [1.82, 2.24) is 14.5 Å². The van der Waals surface area contributed by atoms with Gasteiger partial charge in [-0.2, -0.15) is 0 Å². The standard InChI is InChI=1S/C23H33N3O3/c1-29-21(27)23(26-20-12-8-7-11-19(20)24-22(26)28)13-15-25(16-14-23)17-18-9-5-3-2-4-6-10-18/h7-8,11-12,18H,2-6,9-10,13-17H2,1H3,(H,24,28). The largest absolute Gasteiger partial charge is 0.467 e. The van der Waals surface area contributed by atoms with E-state index in [9.17, 15) is 9.59 Å². The first-order chi connectivity index (χ1) is 14.1. The number of nitrogens with zero attached hydrogens (tertiary/aromatic N) is 2. The smallest absolute Gasteiger partial charge is 0.332 e. The van der Waals surface area contributed by atoms with Crippen LogP contribution in [-0.2, 0) is 15.1 Å². The Morgan fingerprint density at radius 2 is 1.76 bits per heavy atom. The molecule has 0 spiro atoms. The summed E-state index contributed by atoms with van der Waals surface area (Å²) in [5.74, 6) is 0.451. The lowest BCUT2D eigenvalue weighted by Gasteiger charge is -2.41.